The number of unbranched alkanes of at least 4 members (excludes halogenated alkanes) is 24. The number of ether oxygens (including phenoxy) is 3. The van der Waals surface area contributed by atoms with Crippen LogP contribution >= 0.6 is 7.82 Å². The smallest absolute Gasteiger partial charge is 0.462 e. The van der Waals surface area contributed by atoms with Gasteiger partial charge in [-0.2, -0.15) is 0 Å². The molecule has 3 atom stereocenters. The predicted octanol–water partition coefficient (Wildman–Crippen LogP) is 16.9. The maximum Gasteiger partial charge on any atom is 0.472 e. The largest absolute Gasteiger partial charge is 0.472 e. The number of esters is 3. The van der Waals surface area contributed by atoms with Crippen molar-refractivity contribution in [1.82, 2.24) is 0 Å². The number of allylic oxidation sites excluding steroid dienone is 12. The molecule has 11 nitrogen and oxygen atoms in total. The highest BCUT2D eigenvalue weighted by Crippen LogP contribution is 2.43. The summed E-state index contributed by atoms with van der Waals surface area (Å²) in [7, 11) is -4.75. The lowest BCUT2D eigenvalue weighted by Crippen LogP contribution is -2.30. The topological polar surface area (TPSA) is 155 Å². The summed E-state index contributed by atoms with van der Waals surface area (Å²) in [6.07, 6.45) is 60.0. The fourth-order valence-corrected chi connectivity index (χ4v) is 8.51. The van der Waals surface area contributed by atoms with E-state index >= 15 is 0 Å². The van der Waals surface area contributed by atoms with Crippen LogP contribution in [0, 0.1) is 0 Å². The van der Waals surface area contributed by atoms with Gasteiger partial charge in [-0.3, -0.25) is 23.4 Å². The first-order valence-corrected chi connectivity index (χ1v) is 30.3. The number of hydrogen-bond donors (Lipinski definition) is 2. The Morgan fingerprint density at radius 1 is 0.403 bits per heavy atom. The zero-order chi connectivity index (χ0) is 52.7. The fourth-order valence-electron chi connectivity index (χ4n) is 7.73. The molecule has 2 N–H and O–H groups in total. The molecule has 0 aliphatic heterocycles. The minimum absolute atomic E-state index is 0.149. The van der Waals surface area contributed by atoms with E-state index in [0.29, 0.717) is 19.3 Å². The minimum Gasteiger partial charge on any atom is -0.462 e. The summed E-state index contributed by atoms with van der Waals surface area (Å²) in [5, 5.41) is 9.79. The highest BCUT2D eigenvalue weighted by atomic mass is 31.2. The molecule has 0 fully saturated rings. The van der Waals surface area contributed by atoms with E-state index in [1.54, 1.807) is 0 Å². The molecule has 0 aromatic carbocycles. The summed E-state index contributed by atoms with van der Waals surface area (Å²) in [4.78, 5) is 48.5. The summed E-state index contributed by atoms with van der Waals surface area (Å²) in [5.41, 5.74) is 0. The molecule has 0 saturated heterocycles. The van der Waals surface area contributed by atoms with Crippen molar-refractivity contribution in [3.8, 4) is 0 Å². The SMILES string of the molecule is CC/C=C\C/C=C\C/C=C\C/C=C\C/C=C\CCCCCC(=O)OCC(COP(=O)(O)OCC(CO)OC(=O)CCCCCCCCCCCCC)OC(=O)CCCCCCC/C=C\CCCCCCCC. The van der Waals surface area contributed by atoms with Crippen molar-refractivity contribution >= 4 is 25.7 Å². The second-order valence-electron chi connectivity index (χ2n) is 19.1. The van der Waals surface area contributed by atoms with Crippen molar-refractivity contribution in [1.29, 1.82) is 0 Å². The van der Waals surface area contributed by atoms with Gasteiger partial charge in [-0.15, -0.1) is 0 Å². The van der Waals surface area contributed by atoms with E-state index in [1.807, 2.05) is 0 Å². The molecule has 0 aromatic rings. The monoisotopic (exact) mass is 1030 g/mol. The van der Waals surface area contributed by atoms with Gasteiger partial charge in [0.1, 0.15) is 12.7 Å². The summed E-state index contributed by atoms with van der Waals surface area (Å²) in [6, 6.07) is 0. The molecular weight excluding hydrogens is 928 g/mol. The van der Waals surface area contributed by atoms with Crippen molar-refractivity contribution in [2.75, 3.05) is 26.4 Å². The Kier molecular flexibility index (Phi) is 51.9. The molecule has 0 aromatic heterocycles. The lowest BCUT2D eigenvalue weighted by atomic mass is 10.1. The first-order chi connectivity index (χ1) is 35.2. The third-order valence-electron chi connectivity index (χ3n) is 12.1. The highest BCUT2D eigenvalue weighted by Gasteiger charge is 2.28. The van der Waals surface area contributed by atoms with Gasteiger partial charge in [0.15, 0.2) is 6.10 Å². The van der Waals surface area contributed by atoms with Gasteiger partial charge in [0, 0.05) is 19.3 Å². The van der Waals surface area contributed by atoms with Gasteiger partial charge < -0.3 is 24.2 Å². The van der Waals surface area contributed by atoms with Crippen LogP contribution in [-0.4, -0.2) is 66.5 Å². The van der Waals surface area contributed by atoms with Crippen LogP contribution in [0.2, 0.25) is 0 Å². The van der Waals surface area contributed by atoms with Crippen LogP contribution in [0.1, 0.15) is 252 Å². The van der Waals surface area contributed by atoms with Crippen LogP contribution in [0.25, 0.3) is 0 Å². The van der Waals surface area contributed by atoms with Gasteiger partial charge in [-0.05, 0) is 89.9 Å². The van der Waals surface area contributed by atoms with Crippen molar-refractivity contribution in [2.45, 2.75) is 264 Å². The summed E-state index contributed by atoms with van der Waals surface area (Å²) in [5.74, 6) is -1.51. The molecule has 0 heterocycles. The molecular formula is C60H105O11P. The second kappa shape index (κ2) is 54.2. The number of carbonyl (C=O) groups is 3. The standard InChI is InChI=1S/C60H105O11P/c1-4-7-10-13-16-19-22-24-26-27-28-29-31-32-35-37-40-43-46-49-58(62)67-53-57(71-60(64)51-48-45-42-39-36-33-30-25-23-20-17-14-11-8-5-2)55-69-72(65,66)68-54-56(52-61)70-59(63)50-47-44-41-38-34-21-18-15-12-9-6-3/h7,10,16,19,24-26,28-30,32,35,56-57,61H,4-6,8-9,11-15,17-18,20-23,27,31,33-34,36-55H2,1-3H3,(H,65,66)/b10-7-,19-16-,26-24-,29-28-,30-25-,35-32-. The van der Waals surface area contributed by atoms with E-state index in [9.17, 15) is 28.9 Å². The molecule has 0 amide bonds. The number of phosphoric ester groups is 1. The maximum atomic E-state index is 12.9. The molecule has 72 heavy (non-hydrogen) atoms. The van der Waals surface area contributed by atoms with E-state index in [1.165, 1.54) is 83.5 Å². The van der Waals surface area contributed by atoms with Gasteiger partial charge in [0.2, 0.25) is 0 Å². The summed E-state index contributed by atoms with van der Waals surface area (Å²) < 4.78 is 39.5. The number of carbonyl (C=O) groups excluding carboxylic acids is 3. The average Bonchev–Trinajstić information content (AvgIpc) is 3.37. The zero-order valence-electron chi connectivity index (χ0n) is 45.9. The second-order valence-corrected chi connectivity index (χ2v) is 20.5. The molecule has 0 aliphatic carbocycles. The van der Waals surface area contributed by atoms with Crippen LogP contribution < -0.4 is 0 Å². The molecule has 0 rings (SSSR count). The molecule has 0 bridgehead atoms. The van der Waals surface area contributed by atoms with Gasteiger partial charge in [-0.1, -0.05) is 216 Å². The van der Waals surface area contributed by atoms with Crippen molar-refractivity contribution < 1.29 is 52.2 Å². The van der Waals surface area contributed by atoms with Gasteiger partial charge in [0.05, 0.1) is 19.8 Å². The summed E-state index contributed by atoms with van der Waals surface area (Å²) >= 11 is 0. The number of phosphoric acid groups is 1. The quantitative estimate of drug-likeness (QED) is 0.0197. The molecule has 416 valence electrons. The van der Waals surface area contributed by atoms with Crippen LogP contribution in [0.15, 0.2) is 72.9 Å². The Labute approximate surface area is 439 Å². The van der Waals surface area contributed by atoms with E-state index in [4.69, 9.17) is 23.3 Å². The van der Waals surface area contributed by atoms with Crippen LogP contribution in [-0.2, 0) is 42.2 Å². The number of aliphatic hydroxyl groups excluding tert-OH is 1. The first-order valence-electron chi connectivity index (χ1n) is 28.8. The van der Waals surface area contributed by atoms with E-state index in [0.717, 1.165) is 109 Å². The normalized spacial score (nSPS) is 13.9. The average molecular weight is 1030 g/mol. The van der Waals surface area contributed by atoms with E-state index in [-0.39, 0.29) is 25.9 Å². The number of aliphatic hydroxyl groups is 1. The minimum atomic E-state index is -4.75. The van der Waals surface area contributed by atoms with Crippen LogP contribution in [0.5, 0.6) is 0 Å². The Balaban J connectivity index is 4.79. The van der Waals surface area contributed by atoms with Gasteiger partial charge in [0.25, 0.3) is 0 Å². The van der Waals surface area contributed by atoms with Crippen molar-refractivity contribution in [2.24, 2.45) is 0 Å². The lowest BCUT2D eigenvalue weighted by molar-refractivity contribution is -0.161. The molecule has 0 radical (unpaired) electrons. The predicted molar refractivity (Wildman–Crippen MR) is 298 cm³/mol. The maximum absolute atomic E-state index is 12.9. The Hall–Kier alpha value is -3.08. The summed E-state index contributed by atoms with van der Waals surface area (Å²) in [6.45, 7) is 4.48. The molecule has 0 aliphatic rings. The number of rotatable bonds is 53. The van der Waals surface area contributed by atoms with E-state index < -0.39 is 57.8 Å². The Morgan fingerprint density at radius 2 is 0.722 bits per heavy atom. The van der Waals surface area contributed by atoms with Crippen LogP contribution in [0.3, 0.4) is 0 Å². The third kappa shape index (κ3) is 51.8. The van der Waals surface area contributed by atoms with Crippen molar-refractivity contribution in [3.63, 3.8) is 0 Å². The molecule has 12 heteroatoms. The third-order valence-corrected chi connectivity index (χ3v) is 13.1. The Bertz CT molecular complexity index is 1490. The van der Waals surface area contributed by atoms with Crippen LogP contribution in [0.4, 0.5) is 0 Å². The molecule has 0 saturated carbocycles. The Morgan fingerprint density at radius 3 is 1.14 bits per heavy atom. The first kappa shape index (κ1) is 68.9. The number of hydrogen-bond acceptors (Lipinski definition) is 10. The van der Waals surface area contributed by atoms with Gasteiger partial charge >= 0.3 is 25.7 Å². The van der Waals surface area contributed by atoms with Gasteiger partial charge in [-0.25, -0.2) is 4.57 Å². The lowest BCUT2D eigenvalue weighted by Gasteiger charge is -2.21. The highest BCUT2D eigenvalue weighted by molar-refractivity contribution is 7.47. The zero-order valence-corrected chi connectivity index (χ0v) is 46.8. The fraction of sp³-hybridized carbons (Fsp3) is 0.750. The molecule has 0 spiro atoms. The molecule has 3 unspecified atom stereocenters. The van der Waals surface area contributed by atoms with Crippen molar-refractivity contribution in [3.05, 3.63) is 72.9 Å². The van der Waals surface area contributed by atoms with E-state index in [2.05, 4.69) is 93.7 Å².